The first-order valence-corrected chi connectivity index (χ1v) is 6.72. The van der Waals surface area contributed by atoms with Crippen LogP contribution in [-0.4, -0.2) is 17.0 Å². The van der Waals surface area contributed by atoms with E-state index in [1.54, 1.807) is 0 Å². The maximum absolute atomic E-state index is 13.4. The standard InChI is InChI=1S/C15H18F2O2/c16-12-6-7-13(17)11(8-12)9-14(18)15(19)10-4-2-1-3-5-10/h6-8,10,15,19H,1-5,9H2. The normalized spacial score (nSPS) is 18.3. The molecule has 1 N–H and O–H groups in total. The summed E-state index contributed by atoms with van der Waals surface area (Å²) in [6.45, 7) is 0. The van der Waals surface area contributed by atoms with Gasteiger partial charge in [0.15, 0.2) is 5.78 Å². The molecule has 4 heteroatoms. The lowest BCUT2D eigenvalue weighted by atomic mass is 9.83. The van der Waals surface area contributed by atoms with E-state index in [2.05, 4.69) is 0 Å². The van der Waals surface area contributed by atoms with Gasteiger partial charge in [0.1, 0.15) is 17.7 Å². The van der Waals surface area contributed by atoms with Gasteiger partial charge in [-0.3, -0.25) is 4.79 Å². The first-order chi connectivity index (χ1) is 9.08. The topological polar surface area (TPSA) is 37.3 Å². The van der Waals surface area contributed by atoms with Crippen molar-refractivity contribution < 1.29 is 18.7 Å². The van der Waals surface area contributed by atoms with Gasteiger partial charge in [-0.25, -0.2) is 8.78 Å². The van der Waals surface area contributed by atoms with E-state index in [-0.39, 0.29) is 17.9 Å². The summed E-state index contributed by atoms with van der Waals surface area (Å²) in [6, 6.07) is 3.03. The number of aliphatic hydroxyl groups excluding tert-OH is 1. The lowest BCUT2D eigenvalue weighted by Gasteiger charge is -2.25. The molecule has 1 unspecified atom stereocenters. The summed E-state index contributed by atoms with van der Waals surface area (Å²) in [6.07, 6.45) is 3.53. The monoisotopic (exact) mass is 268 g/mol. The second-order valence-corrected chi connectivity index (χ2v) is 5.22. The number of hydrogen-bond acceptors (Lipinski definition) is 2. The van der Waals surface area contributed by atoms with Crippen LogP contribution < -0.4 is 0 Å². The Hall–Kier alpha value is -1.29. The Bertz CT molecular complexity index is 453. The minimum Gasteiger partial charge on any atom is -0.385 e. The SMILES string of the molecule is O=C(Cc1cc(F)ccc1F)C(O)C1CCCCC1. The van der Waals surface area contributed by atoms with Gasteiger partial charge in [-0.05, 0) is 42.5 Å². The summed E-state index contributed by atoms with van der Waals surface area (Å²) in [4.78, 5) is 11.9. The fourth-order valence-electron chi connectivity index (χ4n) is 2.68. The molecule has 0 spiro atoms. The largest absolute Gasteiger partial charge is 0.385 e. The van der Waals surface area contributed by atoms with Gasteiger partial charge in [-0.2, -0.15) is 0 Å². The van der Waals surface area contributed by atoms with Gasteiger partial charge in [0.05, 0.1) is 0 Å². The molecule has 1 aromatic carbocycles. The van der Waals surface area contributed by atoms with Crippen LogP contribution in [0.25, 0.3) is 0 Å². The van der Waals surface area contributed by atoms with E-state index in [9.17, 15) is 18.7 Å². The number of rotatable bonds is 4. The van der Waals surface area contributed by atoms with E-state index in [4.69, 9.17) is 0 Å². The zero-order chi connectivity index (χ0) is 13.8. The fourth-order valence-corrected chi connectivity index (χ4v) is 2.68. The summed E-state index contributed by atoms with van der Waals surface area (Å²) in [5.41, 5.74) is 0.0138. The van der Waals surface area contributed by atoms with Crippen LogP contribution >= 0.6 is 0 Å². The summed E-state index contributed by atoms with van der Waals surface area (Å²) < 4.78 is 26.4. The van der Waals surface area contributed by atoms with Gasteiger partial charge in [-0.15, -0.1) is 0 Å². The average Bonchev–Trinajstić information content (AvgIpc) is 2.43. The van der Waals surface area contributed by atoms with Crippen molar-refractivity contribution >= 4 is 5.78 Å². The highest BCUT2D eigenvalue weighted by molar-refractivity contribution is 5.85. The first kappa shape index (κ1) is 14.1. The number of aliphatic hydroxyl groups is 1. The zero-order valence-corrected chi connectivity index (χ0v) is 10.7. The summed E-state index contributed by atoms with van der Waals surface area (Å²) in [7, 11) is 0. The summed E-state index contributed by atoms with van der Waals surface area (Å²) >= 11 is 0. The Balaban J connectivity index is 2.01. The van der Waals surface area contributed by atoms with Gasteiger partial charge >= 0.3 is 0 Å². The predicted molar refractivity (Wildman–Crippen MR) is 67.7 cm³/mol. The molecule has 1 aliphatic rings. The molecule has 0 aliphatic heterocycles. The zero-order valence-electron chi connectivity index (χ0n) is 10.7. The molecule has 0 radical (unpaired) electrons. The highest BCUT2D eigenvalue weighted by Gasteiger charge is 2.27. The molecule has 1 aromatic rings. The van der Waals surface area contributed by atoms with Crippen LogP contribution in [0.4, 0.5) is 8.78 Å². The van der Waals surface area contributed by atoms with E-state index >= 15 is 0 Å². The molecule has 0 saturated heterocycles. The van der Waals surface area contributed by atoms with Crippen LogP contribution in [-0.2, 0) is 11.2 Å². The van der Waals surface area contributed by atoms with Crippen molar-refractivity contribution in [3.8, 4) is 0 Å². The van der Waals surface area contributed by atoms with Crippen molar-refractivity contribution in [2.24, 2.45) is 5.92 Å². The molecule has 0 aromatic heterocycles. The van der Waals surface area contributed by atoms with E-state index in [0.29, 0.717) is 0 Å². The number of hydrogen-bond donors (Lipinski definition) is 1. The van der Waals surface area contributed by atoms with Crippen molar-refractivity contribution in [2.45, 2.75) is 44.6 Å². The van der Waals surface area contributed by atoms with Gasteiger partial charge in [-0.1, -0.05) is 19.3 Å². The van der Waals surface area contributed by atoms with Gasteiger partial charge < -0.3 is 5.11 Å². The molecule has 104 valence electrons. The minimum absolute atomic E-state index is 0.0138. The van der Waals surface area contributed by atoms with Crippen molar-refractivity contribution in [1.82, 2.24) is 0 Å². The number of carbonyl (C=O) groups is 1. The lowest BCUT2D eigenvalue weighted by molar-refractivity contribution is -0.129. The van der Waals surface area contributed by atoms with Crippen LogP contribution in [0.2, 0.25) is 0 Å². The van der Waals surface area contributed by atoms with Crippen molar-refractivity contribution in [2.75, 3.05) is 0 Å². The van der Waals surface area contributed by atoms with E-state index in [1.807, 2.05) is 0 Å². The highest BCUT2D eigenvalue weighted by atomic mass is 19.1. The van der Waals surface area contributed by atoms with E-state index in [0.717, 1.165) is 50.3 Å². The second-order valence-electron chi connectivity index (χ2n) is 5.22. The third-order valence-electron chi connectivity index (χ3n) is 3.80. The van der Waals surface area contributed by atoms with E-state index < -0.39 is 23.5 Å². The van der Waals surface area contributed by atoms with Crippen LogP contribution in [0, 0.1) is 17.6 Å². The Morgan fingerprint density at radius 1 is 1.26 bits per heavy atom. The molecular weight excluding hydrogens is 250 g/mol. The van der Waals surface area contributed by atoms with Gasteiger partial charge in [0.2, 0.25) is 0 Å². The Labute approximate surface area is 111 Å². The average molecular weight is 268 g/mol. The van der Waals surface area contributed by atoms with Gasteiger partial charge in [0.25, 0.3) is 0 Å². The maximum atomic E-state index is 13.4. The molecule has 1 atom stereocenters. The Morgan fingerprint density at radius 3 is 2.63 bits per heavy atom. The van der Waals surface area contributed by atoms with Crippen LogP contribution in [0.5, 0.6) is 0 Å². The van der Waals surface area contributed by atoms with Crippen molar-refractivity contribution in [3.63, 3.8) is 0 Å². The number of carbonyl (C=O) groups excluding carboxylic acids is 1. The summed E-state index contributed by atoms with van der Waals surface area (Å²) in [5, 5.41) is 10.00. The van der Waals surface area contributed by atoms with E-state index in [1.165, 1.54) is 0 Å². The minimum atomic E-state index is -1.05. The second kappa shape index (κ2) is 6.24. The molecule has 0 amide bonds. The number of benzene rings is 1. The molecule has 1 saturated carbocycles. The third-order valence-corrected chi connectivity index (χ3v) is 3.80. The molecule has 1 aliphatic carbocycles. The fraction of sp³-hybridized carbons (Fsp3) is 0.533. The molecule has 0 heterocycles. The highest BCUT2D eigenvalue weighted by Crippen LogP contribution is 2.27. The van der Waals surface area contributed by atoms with Crippen LogP contribution in [0.3, 0.4) is 0 Å². The molecule has 0 bridgehead atoms. The molecule has 2 nitrogen and oxygen atoms in total. The van der Waals surface area contributed by atoms with Crippen molar-refractivity contribution in [1.29, 1.82) is 0 Å². The van der Waals surface area contributed by atoms with Crippen molar-refractivity contribution in [3.05, 3.63) is 35.4 Å². The third kappa shape index (κ3) is 3.60. The first-order valence-electron chi connectivity index (χ1n) is 6.72. The smallest absolute Gasteiger partial charge is 0.166 e. The molecule has 1 fully saturated rings. The quantitative estimate of drug-likeness (QED) is 0.911. The Kier molecular flexibility index (Phi) is 4.64. The number of ketones is 1. The summed E-state index contributed by atoms with van der Waals surface area (Å²) in [5.74, 6) is -1.63. The lowest BCUT2D eigenvalue weighted by Crippen LogP contribution is -2.32. The molecule has 19 heavy (non-hydrogen) atoms. The maximum Gasteiger partial charge on any atom is 0.166 e. The Morgan fingerprint density at radius 2 is 1.95 bits per heavy atom. The molecule has 2 rings (SSSR count). The van der Waals surface area contributed by atoms with Gasteiger partial charge in [0, 0.05) is 6.42 Å². The predicted octanol–water partition coefficient (Wildman–Crippen LogP) is 3.02. The van der Waals surface area contributed by atoms with Crippen LogP contribution in [0.1, 0.15) is 37.7 Å². The number of Topliss-reactive ketones (excluding diaryl/α,β-unsaturated/α-hetero) is 1. The number of halogens is 2. The van der Waals surface area contributed by atoms with Crippen LogP contribution in [0.15, 0.2) is 18.2 Å². The molecular formula is C15H18F2O2.